The van der Waals surface area contributed by atoms with Crippen LogP contribution >= 0.6 is 11.6 Å². The summed E-state index contributed by atoms with van der Waals surface area (Å²) in [5.41, 5.74) is 0. The van der Waals surface area contributed by atoms with Gasteiger partial charge >= 0.3 is 0 Å². The topological polar surface area (TPSA) is 24.1 Å². The molecule has 0 aliphatic carbocycles. The van der Waals surface area contributed by atoms with E-state index in [4.69, 9.17) is 11.6 Å². The van der Waals surface area contributed by atoms with Crippen LogP contribution in [0.4, 0.5) is 0 Å². The molecule has 0 aliphatic heterocycles. The van der Waals surface area contributed by atoms with Crippen LogP contribution in [0.5, 0.6) is 0 Å². The number of halogens is 1. The average Bonchev–Trinajstić information content (AvgIpc) is 1.89. The molecule has 0 radical (unpaired) electrons. The zero-order chi connectivity index (χ0) is 6.95. The molecule has 0 aromatic rings. The third-order valence-corrected chi connectivity index (χ3v) is 1.19. The summed E-state index contributed by atoms with van der Waals surface area (Å²) in [4.78, 5) is 0. The Hall–Kier alpha value is 0.210. The van der Waals surface area contributed by atoms with Gasteiger partial charge in [0.1, 0.15) is 0 Å². The largest absolute Gasteiger partial charge is 0.316 e. The summed E-state index contributed by atoms with van der Waals surface area (Å²) in [7, 11) is 0. The van der Waals surface area contributed by atoms with Gasteiger partial charge in [-0.1, -0.05) is 6.92 Å². The predicted octanol–water partition coefficient (Wildman–Crippen LogP) is 0.424. The van der Waals surface area contributed by atoms with E-state index in [2.05, 4.69) is 17.6 Å². The summed E-state index contributed by atoms with van der Waals surface area (Å²) < 4.78 is 0. The lowest BCUT2D eigenvalue weighted by Crippen LogP contribution is -2.28. The minimum atomic E-state index is 0.701. The van der Waals surface area contributed by atoms with Crippen molar-refractivity contribution in [1.82, 2.24) is 10.6 Å². The second-order valence-corrected chi connectivity index (χ2v) is 2.17. The number of hydrogen-bond acceptors (Lipinski definition) is 2. The van der Waals surface area contributed by atoms with Crippen molar-refractivity contribution in [2.24, 2.45) is 0 Å². The molecule has 0 saturated carbocycles. The van der Waals surface area contributed by atoms with Crippen LogP contribution in [0.25, 0.3) is 0 Å². The summed E-state index contributed by atoms with van der Waals surface area (Å²) >= 11 is 5.43. The first-order chi connectivity index (χ1) is 4.41. The quantitative estimate of drug-likeness (QED) is 0.424. The molecule has 0 atom stereocenters. The molecule has 0 aromatic carbocycles. The Bertz CT molecular complexity index is 44.3. The Balaban J connectivity index is 2.60. The first-order valence-corrected chi connectivity index (χ1v) is 3.92. The standard InChI is InChI=1S/C6H15ClN2/c1-2-8-5-6-9-4-3-7/h8-9H,2-6H2,1H3. The van der Waals surface area contributed by atoms with E-state index >= 15 is 0 Å². The van der Waals surface area contributed by atoms with E-state index in [9.17, 15) is 0 Å². The van der Waals surface area contributed by atoms with Gasteiger partial charge in [0.05, 0.1) is 0 Å². The lowest BCUT2D eigenvalue weighted by molar-refractivity contribution is 0.642. The van der Waals surface area contributed by atoms with Crippen molar-refractivity contribution in [3.05, 3.63) is 0 Å². The predicted molar refractivity (Wildman–Crippen MR) is 42.1 cm³/mol. The molecule has 9 heavy (non-hydrogen) atoms. The fourth-order valence-electron chi connectivity index (χ4n) is 0.545. The second-order valence-electron chi connectivity index (χ2n) is 1.79. The van der Waals surface area contributed by atoms with Crippen molar-refractivity contribution in [1.29, 1.82) is 0 Å². The van der Waals surface area contributed by atoms with Crippen LogP contribution in [0.3, 0.4) is 0 Å². The van der Waals surface area contributed by atoms with E-state index in [1.54, 1.807) is 0 Å². The Morgan fingerprint density at radius 2 is 1.78 bits per heavy atom. The maximum absolute atomic E-state index is 5.43. The first-order valence-electron chi connectivity index (χ1n) is 3.39. The molecule has 0 spiro atoms. The van der Waals surface area contributed by atoms with Crippen LogP contribution in [0.2, 0.25) is 0 Å². The van der Waals surface area contributed by atoms with E-state index < -0.39 is 0 Å². The van der Waals surface area contributed by atoms with Gasteiger partial charge in [-0.3, -0.25) is 0 Å². The monoisotopic (exact) mass is 150 g/mol. The van der Waals surface area contributed by atoms with Crippen LogP contribution in [-0.2, 0) is 0 Å². The van der Waals surface area contributed by atoms with Crippen molar-refractivity contribution >= 4 is 11.6 Å². The van der Waals surface area contributed by atoms with Crippen LogP contribution in [0.15, 0.2) is 0 Å². The molecule has 0 amide bonds. The van der Waals surface area contributed by atoms with Crippen LogP contribution in [0.1, 0.15) is 6.92 Å². The van der Waals surface area contributed by atoms with E-state index in [-0.39, 0.29) is 0 Å². The average molecular weight is 151 g/mol. The van der Waals surface area contributed by atoms with Crippen molar-refractivity contribution < 1.29 is 0 Å². The van der Waals surface area contributed by atoms with Crippen molar-refractivity contribution in [3.8, 4) is 0 Å². The molecule has 56 valence electrons. The maximum Gasteiger partial charge on any atom is 0.0348 e. The zero-order valence-electron chi connectivity index (χ0n) is 5.91. The van der Waals surface area contributed by atoms with Crippen molar-refractivity contribution in [2.75, 3.05) is 32.1 Å². The van der Waals surface area contributed by atoms with Crippen LogP contribution < -0.4 is 10.6 Å². The first kappa shape index (κ1) is 9.21. The molecule has 2 nitrogen and oxygen atoms in total. The van der Waals surface area contributed by atoms with Gasteiger partial charge in [-0.15, -0.1) is 11.6 Å². The molecule has 0 fully saturated rings. The Morgan fingerprint density at radius 3 is 2.33 bits per heavy atom. The number of hydrogen-bond donors (Lipinski definition) is 2. The summed E-state index contributed by atoms with van der Waals surface area (Å²) in [6, 6.07) is 0. The molecule has 0 bridgehead atoms. The van der Waals surface area contributed by atoms with Gasteiger partial charge in [0.15, 0.2) is 0 Å². The van der Waals surface area contributed by atoms with Gasteiger partial charge in [-0.05, 0) is 6.54 Å². The third kappa shape index (κ3) is 8.21. The highest BCUT2D eigenvalue weighted by Gasteiger charge is 1.82. The molecular formula is C6H15ClN2. The van der Waals surface area contributed by atoms with Gasteiger partial charge in [0, 0.05) is 25.5 Å². The minimum Gasteiger partial charge on any atom is -0.316 e. The van der Waals surface area contributed by atoms with E-state index in [1.165, 1.54) is 0 Å². The summed E-state index contributed by atoms with van der Waals surface area (Å²) in [6.07, 6.45) is 0. The van der Waals surface area contributed by atoms with Crippen molar-refractivity contribution in [2.45, 2.75) is 6.92 Å². The van der Waals surface area contributed by atoms with Gasteiger partial charge in [-0.2, -0.15) is 0 Å². The summed E-state index contributed by atoms with van der Waals surface area (Å²) in [5, 5.41) is 6.38. The Morgan fingerprint density at radius 1 is 1.11 bits per heavy atom. The minimum absolute atomic E-state index is 0.701. The SMILES string of the molecule is CCNCCNCCCl. The molecular weight excluding hydrogens is 136 g/mol. The fourth-order valence-corrected chi connectivity index (χ4v) is 0.679. The highest BCUT2D eigenvalue weighted by Crippen LogP contribution is 1.67. The summed E-state index contributed by atoms with van der Waals surface area (Å²) in [5.74, 6) is 0.701. The fraction of sp³-hybridized carbons (Fsp3) is 1.00. The highest BCUT2D eigenvalue weighted by atomic mass is 35.5. The third-order valence-electron chi connectivity index (χ3n) is 1.000. The molecule has 0 unspecified atom stereocenters. The van der Waals surface area contributed by atoms with E-state index in [1.807, 2.05) is 0 Å². The van der Waals surface area contributed by atoms with Gasteiger partial charge in [0.25, 0.3) is 0 Å². The highest BCUT2D eigenvalue weighted by molar-refractivity contribution is 6.18. The molecule has 2 N–H and O–H groups in total. The summed E-state index contributed by atoms with van der Waals surface area (Å²) in [6.45, 7) is 6.10. The lowest BCUT2D eigenvalue weighted by Gasteiger charge is -2.01. The van der Waals surface area contributed by atoms with Gasteiger partial charge in [0.2, 0.25) is 0 Å². The Labute approximate surface area is 62.0 Å². The second kappa shape index (κ2) is 8.21. The molecule has 0 heterocycles. The van der Waals surface area contributed by atoms with E-state index in [0.717, 1.165) is 26.2 Å². The van der Waals surface area contributed by atoms with Gasteiger partial charge < -0.3 is 10.6 Å². The van der Waals surface area contributed by atoms with E-state index in [0.29, 0.717) is 5.88 Å². The Kier molecular flexibility index (Phi) is 8.40. The number of rotatable bonds is 6. The normalized spacial score (nSPS) is 10.0. The molecule has 0 aromatic heterocycles. The molecule has 0 rings (SSSR count). The van der Waals surface area contributed by atoms with Crippen LogP contribution in [-0.4, -0.2) is 32.1 Å². The smallest absolute Gasteiger partial charge is 0.0348 e. The lowest BCUT2D eigenvalue weighted by atomic mass is 10.5. The van der Waals surface area contributed by atoms with Crippen LogP contribution in [0, 0.1) is 0 Å². The molecule has 3 heteroatoms. The van der Waals surface area contributed by atoms with Crippen molar-refractivity contribution in [3.63, 3.8) is 0 Å². The zero-order valence-corrected chi connectivity index (χ0v) is 6.67. The number of nitrogens with one attached hydrogen (secondary N) is 2. The number of likely N-dealkylation sites (N-methyl/N-ethyl adjacent to an activating group) is 1. The maximum atomic E-state index is 5.43. The number of alkyl halides is 1. The van der Waals surface area contributed by atoms with Gasteiger partial charge in [-0.25, -0.2) is 0 Å². The molecule has 0 saturated heterocycles. The molecule has 0 aliphatic rings.